The van der Waals surface area contributed by atoms with Gasteiger partial charge in [0.15, 0.2) is 0 Å². The summed E-state index contributed by atoms with van der Waals surface area (Å²) in [5.41, 5.74) is 13.2. The third kappa shape index (κ3) is 32.1. The van der Waals surface area contributed by atoms with Crippen LogP contribution in [0, 0.1) is 0 Å². The summed E-state index contributed by atoms with van der Waals surface area (Å²) in [5.74, 6) is -0.224. The van der Waals surface area contributed by atoms with E-state index < -0.39 is 0 Å². The van der Waals surface area contributed by atoms with Crippen molar-refractivity contribution in [2.75, 3.05) is 6.61 Å². The van der Waals surface area contributed by atoms with Gasteiger partial charge >= 0.3 is 5.97 Å². The molecule has 0 unspecified atom stereocenters. The molecule has 0 aliphatic heterocycles. The summed E-state index contributed by atoms with van der Waals surface area (Å²) in [7, 11) is 0. The van der Waals surface area contributed by atoms with Crippen LogP contribution in [-0.2, 0) is 9.53 Å². The van der Waals surface area contributed by atoms with Gasteiger partial charge in [0.25, 0.3) is 0 Å². The Morgan fingerprint density at radius 2 is 0.531 bits per heavy atom. The quantitative estimate of drug-likeness (QED) is 0.0675. The van der Waals surface area contributed by atoms with Gasteiger partial charge in [0.1, 0.15) is 6.61 Å². The second-order valence-electron chi connectivity index (χ2n) is 14.8. The Kier molecular flexibility index (Phi) is 28.2. The lowest BCUT2D eigenvalue weighted by Crippen LogP contribution is -1.98. The van der Waals surface area contributed by atoms with Gasteiger partial charge in [-0.15, -0.1) is 0 Å². The number of carbonyl (C=O) groups is 1. The van der Waals surface area contributed by atoms with Crippen molar-refractivity contribution in [1.29, 1.82) is 0 Å². The molecule has 276 valence electrons. The molecule has 0 saturated carbocycles. The van der Waals surface area contributed by atoms with Gasteiger partial charge in [0.2, 0.25) is 0 Å². The molecule has 0 aromatic carbocycles. The van der Waals surface area contributed by atoms with Crippen LogP contribution in [0.15, 0.2) is 105 Å². The first-order chi connectivity index (χ1) is 23.3. The van der Waals surface area contributed by atoms with Crippen LogP contribution >= 0.6 is 0 Å². The maximum absolute atomic E-state index is 10.9. The van der Waals surface area contributed by atoms with Gasteiger partial charge in [-0.2, -0.15) is 0 Å². The second kappa shape index (κ2) is 30.0. The number of carbonyl (C=O) groups excluding carboxylic acids is 1. The van der Waals surface area contributed by atoms with Crippen LogP contribution in [-0.4, -0.2) is 12.6 Å². The van der Waals surface area contributed by atoms with Gasteiger partial charge in [0, 0.05) is 6.92 Å². The van der Waals surface area contributed by atoms with Crippen molar-refractivity contribution in [3.63, 3.8) is 0 Å². The third-order valence-electron chi connectivity index (χ3n) is 9.03. The fraction of sp³-hybridized carbons (Fsp3) is 0.596. The van der Waals surface area contributed by atoms with Crippen molar-refractivity contribution < 1.29 is 9.53 Å². The number of hydrogen-bond acceptors (Lipinski definition) is 2. The zero-order valence-electron chi connectivity index (χ0n) is 34.0. The fourth-order valence-corrected chi connectivity index (χ4v) is 5.53. The molecule has 49 heavy (non-hydrogen) atoms. The minimum absolute atomic E-state index is 0.224. The molecule has 2 heteroatoms. The molecule has 0 heterocycles. The molecule has 0 bridgehead atoms. The van der Waals surface area contributed by atoms with E-state index in [1.165, 1.54) is 89.2 Å². The second-order valence-corrected chi connectivity index (χ2v) is 14.8. The van der Waals surface area contributed by atoms with E-state index in [-0.39, 0.29) is 5.97 Å². The van der Waals surface area contributed by atoms with Crippen molar-refractivity contribution in [1.82, 2.24) is 0 Å². The molecule has 0 saturated heterocycles. The standard InChI is InChI=1S/C47H76O2/c1-38(2)20-12-21-39(3)22-13-23-40(4)24-14-25-41(5)26-15-27-42(6)28-16-29-43(7)30-17-31-44(8)32-18-33-45(9)34-19-35-46(10)36-37-49-47(11)48/h20,22,24,26,28,30,32,34,36H,12-19,21,23,25,27,29,31,33,35,37H2,1-11H3/b39-22+,40-24+,41-26+,42-28+,43-30+,44-32+,45-34+,46-36+. The highest BCUT2D eigenvalue weighted by Crippen LogP contribution is 2.17. The minimum Gasteiger partial charge on any atom is -0.462 e. The summed E-state index contributed by atoms with van der Waals surface area (Å²) in [6.07, 6.45) is 39.6. The van der Waals surface area contributed by atoms with Gasteiger partial charge in [-0.1, -0.05) is 98.8 Å². The first kappa shape index (κ1) is 46.1. The number of allylic oxidation sites excluding steroid dienone is 17. The SMILES string of the molecule is CC(=O)OC/C=C(\C)CC/C=C(\C)CC/C=C(\C)CC/C=C(\C)CC/C=C(\C)CC/C=C(\C)CC/C=C(\C)CC/C=C(\C)CCC=C(C)C. The summed E-state index contributed by atoms with van der Waals surface area (Å²) in [6, 6.07) is 0. The van der Waals surface area contributed by atoms with Crippen LogP contribution < -0.4 is 0 Å². The molecular weight excluding hydrogens is 597 g/mol. The largest absolute Gasteiger partial charge is 0.462 e. The number of esters is 1. The monoisotopic (exact) mass is 673 g/mol. The number of rotatable bonds is 26. The highest BCUT2D eigenvalue weighted by atomic mass is 16.5. The molecule has 0 amide bonds. The summed E-state index contributed by atoms with van der Waals surface area (Å²) in [6.45, 7) is 24.2. The van der Waals surface area contributed by atoms with Crippen LogP contribution in [0.5, 0.6) is 0 Å². The van der Waals surface area contributed by atoms with E-state index in [0.29, 0.717) is 6.61 Å². The smallest absolute Gasteiger partial charge is 0.302 e. The van der Waals surface area contributed by atoms with E-state index in [9.17, 15) is 4.79 Å². The third-order valence-corrected chi connectivity index (χ3v) is 9.03. The maximum Gasteiger partial charge on any atom is 0.302 e. The molecule has 0 aromatic rings. The Bertz CT molecular complexity index is 1210. The molecule has 0 aliphatic rings. The molecule has 0 rings (SSSR count). The van der Waals surface area contributed by atoms with Gasteiger partial charge in [-0.3, -0.25) is 4.79 Å². The first-order valence-electron chi connectivity index (χ1n) is 19.3. The Labute approximate surface area is 305 Å². The van der Waals surface area contributed by atoms with E-state index in [4.69, 9.17) is 4.74 Å². The van der Waals surface area contributed by atoms with Crippen LogP contribution in [0.25, 0.3) is 0 Å². The molecule has 0 aromatic heterocycles. The van der Waals surface area contributed by atoms with Gasteiger partial charge in [0.05, 0.1) is 0 Å². The topological polar surface area (TPSA) is 26.3 Å². The summed E-state index contributed by atoms with van der Waals surface area (Å²) in [4.78, 5) is 10.9. The summed E-state index contributed by atoms with van der Waals surface area (Å²) >= 11 is 0. The van der Waals surface area contributed by atoms with Crippen LogP contribution in [0.2, 0.25) is 0 Å². The molecule has 0 spiro atoms. The van der Waals surface area contributed by atoms with E-state index in [2.05, 4.69) is 118 Å². The Morgan fingerprint density at radius 3 is 0.735 bits per heavy atom. The average molecular weight is 673 g/mol. The van der Waals surface area contributed by atoms with E-state index >= 15 is 0 Å². The first-order valence-corrected chi connectivity index (χ1v) is 19.3. The van der Waals surface area contributed by atoms with Crippen molar-refractivity contribution in [2.24, 2.45) is 0 Å². The Hall–Kier alpha value is -2.87. The van der Waals surface area contributed by atoms with Crippen molar-refractivity contribution >= 4 is 5.97 Å². The zero-order valence-corrected chi connectivity index (χ0v) is 34.0. The number of hydrogen-bond donors (Lipinski definition) is 0. The lowest BCUT2D eigenvalue weighted by molar-refractivity contribution is -0.139. The van der Waals surface area contributed by atoms with E-state index in [1.54, 1.807) is 0 Å². The molecule has 0 N–H and O–H groups in total. The molecule has 0 radical (unpaired) electrons. The van der Waals surface area contributed by atoms with E-state index in [0.717, 1.165) is 70.6 Å². The molecule has 0 aliphatic carbocycles. The Morgan fingerprint density at radius 1 is 0.327 bits per heavy atom. The van der Waals surface area contributed by atoms with Crippen molar-refractivity contribution in [3.05, 3.63) is 105 Å². The highest BCUT2D eigenvalue weighted by molar-refractivity contribution is 5.66. The van der Waals surface area contributed by atoms with Crippen molar-refractivity contribution in [2.45, 2.75) is 179 Å². The van der Waals surface area contributed by atoms with Crippen LogP contribution in [0.3, 0.4) is 0 Å². The number of ether oxygens (including phenoxy) is 1. The maximum atomic E-state index is 10.9. The van der Waals surface area contributed by atoms with Gasteiger partial charge < -0.3 is 4.74 Å². The highest BCUT2D eigenvalue weighted by Gasteiger charge is 1.98. The molecule has 0 atom stereocenters. The van der Waals surface area contributed by atoms with Gasteiger partial charge in [-0.25, -0.2) is 0 Å². The van der Waals surface area contributed by atoms with Crippen LogP contribution in [0.4, 0.5) is 0 Å². The normalized spacial score (nSPS) is 14.4. The predicted molar refractivity (Wildman–Crippen MR) is 220 cm³/mol. The lowest BCUT2D eigenvalue weighted by Gasteiger charge is -2.04. The molecule has 0 fully saturated rings. The zero-order chi connectivity index (χ0) is 36.9. The van der Waals surface area contributed by atoms with Gasteiger partial charge in [-0.05, 0) is 178 Å². The lowest BCUT2D eigenvalue weighted by atomic mass is 10.0. The predicted octanol–water partition coefficient (Wildman–Crippen LogP) is 15.3. The van der Waals surface area contributed by atoms with E-state index in [1.807, 2.05) is 6.08 Å². The molecule has 2 nitrogen and oxygen atoms in total. The summed E-state index contributed by atoms with van der Waals surface area (Å²) in [5, 5.41) is 0. The summed E-state index contributed by atoms with van der Waals surface area (Å²) < 4.78 is 4.98. The van der Waals surface area contributed by atoms with Crippen molar-refractivity contribution in [3.8, 4) is 0 Å². The Balaban J connectivity index is 4.22. The average Bonchev–Trinajstić information content (AvgIpc) is 3.00. The van der Waals surface area contributed by atoms with Crippen LogP contribution in [0.1, 0.15) is 179 Å². The molecular formula is C47H76O2. The minimum atomic E-state index is -0.224. The fourth-order valence-electron chi connectivity index (χ4n) is 5.53.